The molecule has 10 heteroatoms. The van der Waals surface area contributed by atoms with Crippen molar-refractivity contribution in [3.8, 4) is 0 Å². The first-order valence-electron chi connectivity index (χ1n) is 5.95. The van der Waals surface area contributed by atoms with E-state index in [1.807, 2.05) is 0 Å². The Morgan fingerprint density at radius 2 is 2.10 bits per heavy atom. The van der Waals surface area contributed by atoms with Crippen LogP contribution in [0, 0.1) is 15.9 Å². The summed E-state index contributed by atoms with van der Waals surface area (Å²) < 4.78 is 39.2. The summed E-state index contributed by atoms with van der Waals surface area (Å²) >= 11 is 0. The summed E-state index contributed by atoms with van der Waals surface area (Å²) in [5.41, 5.74) is 4.27. The Kier molecular flexibility index (Phi) is 5.20. The second-order valence-electron chi connectivity index (χ2n) is 4.57. The molecule has 1 aromatic rings. The van der Waals surface area contributed by atoms with Gasteiger partial charge in [0, 0.05) is 19.7 Å². The zero-order valence-electron chi connectivity index (χ0n) is 11.5. The Morgan fingerprint density at radius 3 is 2.52 bits per heavy atom. The second kappa shape index (κ2) is 6.33. The Labute approximate surface area is 121 Å². The lowest BCUT2D eigenvalue weighted by atomic mass is 10.3. The van der Waals surface area contributed by atoms with Gasteiger partial charge in [-0.15, -0.1) is 0 Å². The molecule has 0 aliphatic heterocycles. The van der Waals surface area contributed by atoms with E-state index in [0.29, 0.717) is 6.07 Å². The number of nitrogen functional groups attached to an aromatic ring is 1. The SMILES string of the molecule is CC(O)CCN(C)S(=O)(=O)c1c(N)cc([N+](=O)[O-])cc1F. The van der Waals surface area contributed by atoms with Crippen molar-refractivity contribution in [1.29, 1.82) is 0 Å². The van der Waals surface area contributed by atoms with E-state index in [1.54, 1.807) is 0 Å². The molecule has 118 valence electrons. The fourth-order valence-corrected chi connectivity index (χ4v) is 2.94. The van der Waals surface area contributed by atoms with Crippen molar-refractivity contribution in [3.63, 3.8) is 0 Å². The molecule has 0 amide bonds. The van der Waals surface area contributed by atoms with Gasteiger partial charge in [-0.25, -0.2) is 17.1 Å². The number of hydrogen-bond donors (Lipinski definition) is 2. The second-order valence-corrected chi connectivity index (χ2v) is 6.55. The number of aliphatic hydroxyl groups is 1. The molecule has 0 radical (unpaired) electrons. The molecule has 0 fully saturated rings. The molecule has 0 bridgehead atoms. The maximum atomic E-state index is 13.9. The average molecular weight is 321 g/mol. The molecule has 8 nitrogen and oxygen atoms in total. The molecule has 1 rings (SSSR count). The largest absolute Gasteiger partial charge is 0.397 e. The van der Waals surface area contributed by atoms with E-state index in [9.17, 15) is 22.9 Å². The van der Waals surface area contributed by atoms with Crippen LogP contribution in [0.1, 0.15) is 13.3 Å². The van der Waals surface area contributed by atoms with Crippen LogP contribution in [0.25, 0.3) is 0 Å². The first-order valence-corrected chi connectivity index (χ1v) is 7.39. The van der Waals surface area contributed by atoms with Gasteiger partial charge in [-0.1, -0.05) is 0 Å². The van der Waals surface area contributed by atoms with Gasteiger partial charge in [0.25, 0.3) is 5.69 Å². The maximum Gasteiger partial charge on any atom is 0.274 e. The van der Waals surface area contributed by atoms with Crippen molar-refractivity contribution in [2.24, 2.45) is 0 Å². The number of nitro benzene ring substituents is 1. The molecular weight excluding hydrogens is 305 g/mol. The van der Waals surface area contributed by atoms with E-state index in [4.69, 9.17) is 10.8 Å². The number of halogens is 1. The average Bonchev–Trinajstić information content (AvgIpc) is 2.34. The highest BCUT2D eigenvalue weighted by Gasteiger charge is 2.29. The Morgan fingerprint density at radius 1 is 1.52 bits per heavy atom. The zero-order chi connectivity index (χ0) is 16.4. The number of sulfonamides is 1. The van der Waals surface area contributed by atoms with Crippen molar-refractivity contribution < 1.29 is 22.8 Å². The van der Waals surface area contributed by atoms with Crippen LogP contribution in [0.2, 0.25) is 0 Å². The van der Waals surface area contributed by atoms with E-state index in [2.05, 4.69) is 0 Å². The zero-order valence-corrected chi connectivity index (χ0v) is 12.3. The number of benzene rings is 1. The first kappa shape index (κ1) is 17.3. The van der Waals surface area contributed by atoms with Gasteiger partial charge < -0.3 is 10.8 Å². The molecule has 1 aromatic carbocycles. The molecule has 21 heavy (non-hydrogen) atoms. The summed E-state index contributed by atoms with van der Waals surface area (Å²) in [5, 5.41) is 19.7. The third-order valence-electron chi connectivity index (χ3n) is 2.80. The molecule has 0 saturated carbocycles. The van der Waals surface area contributed by atoms with Crippen LogP contribution in [0.15, 0.2) is 17.0 Å². The molecular formula is C11H16FN3O5S. The van der Waals surface area contributed by atoms with E-state index >= 15 is 0 Å². The van der Waals surface area contributed by atoms with Gasteiger partial charge in [0.2, 0.25) is 10.0 Å². The molecule has 0 spiro atoms. The predicted molar refractivity (Wildman–Crippen MR) is 73.6 cm³/mol. The fraction of sp³-hybridized carbons (Fsp3) is 0.455. The van der Waals surface area contributed by atoms with Crippen molar-refractivity contribution in [2.75, 3.05) is 19.3 Å². The van der Waals surface area contributed by atoms with Crippen LogP contribution >= 0.6 is 0 Å². The minimum atomic E-state index is -4.24. The Bertz CT molecular complexity index is 624. The predicted octanol–water partition coefficient (Wildman–Crippen LogP) is 0.708. The number of nitrogens with two attached hydrogens (primary N) is 1. The van der Waals surface area contributed by atoms with E-state index < -0.39 is 43.1 Å². The van der Waals surface area contributed by atoms with E-state index in [-0.39, 0.29) is 13.0 Å². The lowest BCUT2D eigenvalue weighted by Gasteiger charge is -2.19. The standard InChI is InChI=1S/C11H16FN3O5S/c1-7(16)3-4-14(2)21(19,20)11-9(12)5-8(15(17)18)6-10(11)13/h5-7,16H,3-4,13H2,1-2H3. The minimum absolute atomic E-state index is 0.0458. The summed E-state index contributed by atoms with van der Waals surface area (Å²) in [7, 11) is -3.03. The number of aliphatic hydroxyl groups excluding tert-OH is 1. The van der Waals surface area contributed by atoms with Gasteiger partial charge in [0.15, 0.2) is 5.82 Å². The van der Waals surface area contributed by atoms with Gasteiger partial charge in [-0.05, 0) is 13.3 Å². The van der Waals surface area contributed by atoms with Crippen molar-refractivity contribution in [2.45, 2.75) is 24.3 Å². The Balaban J connectivity index is 3.23. The van der Waals surface area contributed by atoms with Gasteiger partial charge in [-0.2, -0.15) is 0 Å². The van der Waals surface area contributed by atoms with E-state index in [1.165, 1.54) is 14.0 Å². The van der Waals surface area contributed by atoms with E-state index in [0.717, 1.165) is 10.4 Å². The molecule has 0 saturated heterocycles. The topological polar surface area (TPSA) is 127 Å². The van der Waals surface area contributed by atoms with Gasteiger partial charge in [-0.3, -0.25) is 10.1 Å². The number of non-ortho nitro benzene ring substituents is 1. The van der Waals surface area contributed by atoms with Crippen LogP contribution in [-0.4, -0.2) is 42.4 Å². The molecule has 1 unspecified atom stereocenters. The minimum Gasteiger partial charge on any atom is -0.397 e. The maximum absolute atomic E-state index is 13.9. The highest BCUT2D eigenvalue weighted by atomic mass is 32.2. The third-order valence-corrected chi connectivity index (χ3v) is 4.75. The van der Waals surface area contributed by atoms with Crippen molar-refractivity contribution in [1.82, 2.24) is 4.31 Å². The summed E-state index contributed by atoms with van der Waals surface area (Å²) in [6, 6.07) is 1.30. The highest BCUT2D eigenvalue weighted by molar-refractivity contribution is 7.89. The molecule has 3 N–H and O–H groups in total. The van der Waals surface area contributed by atoms with Gasteiger partial charge in [0.05, 0.1) is 22.8 Å². The van der Waals surface area contributed by atoms with Crippen LogP contribution in [-0.2, 0) is 10.0 Å². The molecule has 1 atom stereocenters. The summed E-state index contributed by atoms with van der Waals surface area (Å²) in [6.45, 7) is 1.44. The van der Waals surface area contributed by atoms with Gasteiger partial charge >= 0.3 is 0 Å². The normalized spacial score (nSPS) is 13.4. The molecule has 0 aromatic heterocycles. The van der Waals surface area contributed by atoms with Crippen molar-refractivity contribution >= 4 is 21.4 Å². The third kappa shape index (κ3) is 3.86. The van der Waals surface area contributed by atoms with Crippen molar-refractivity contribution in [3.05, 3.63) is 28.1 Å². The summed E-state index contributed by atoms with van der Waals surface area (Å²) in [6.07, 6.45) is -0.564. The molecule has 0 heterocycles. The lowest BCUT2D eigenvalue weighted by molar-refractivity contribution is -0.385. The summed E-state index contributed by atoms with van der Waals surface area (Å²) in [4.78, 5) is 8.90. The smallest absolute Gasteiger partial charge is 0.274 e. The first-order chi connectivity index (χ1) is 9.57. The van der Waals surface area contributed by atoms with Crippen LogP contribution in [0.5, 0.6) is 0 Å². The molecule has 0 aliphatic rings. The number of nitrogens with zero attached hydrogens (tertiary/aromatic N) is 2. The Hall–Kier alpha value is -1.78. The van der Waals surface area contributed by atoms with Gasteiger partial charge in [0.1, 0.15) is 4.90 Å². The fourth-order valence-electron chi connectivity index (χ4n) is 1.62. The molecule has 0 aliphatic carbocycles. The quantitative estimate of drug-likeness (QED) is 0.451. The highest BCUT2D eigenvalue weighted by Crippen LogP contribution is 2.29. The number of nitro groups is 1. The van der Waals surface area contributed by atoms with Crippen LogP contribution < -0.4 is 5.73 Å². The number of rotatable bonds is 6. The number of anilines is 1. The number of hydrogen-bond acceptors (Lipinski definition) is 6. The van der Waals surface area contributed by atoms with Crippen LogP contribution in [0.3, 0.4) is 0 Å². The summed E-state index contributed by atoms with van der Waals surface area (Å²) in [5.74, 6) is -1.29. The monoisotopic (exact) mass is 321 g/mol. The lowest BCUT2D eigenvalue weighted by Crippen LogP contribution is -2.30. The van der Waals surface area contributed by atoms with Crippen LogP contribution in [0.4, 0.5) is 15.8 Å².